The van der Waals surface area contributed by atoms with E-state index in [9.17, 15) is 0 Å². The molecule has 4 heteroatoms. The van der Waals surface area contributed by atoms with Crippen LogP contribution in [0.4, 0.5) is 0 Å². The summed E-state index contributed by atoms with van der Waals surface area (Å²) < 4.78 is 12.8. The summed E-state index contributed by atoms with van der Waals surface area (Å²) in [5.74, 6) is 1.66. The Labute approximate surface area is 120 Å². The Hall–Kier alpha value is -1.94. The molecule has 2 rings (SSSR count). The first-order chi connectivity index (χ1) is 9.76. The van der Waals surface area contributed by atoms with Gasteiger partial charge in [-0.25, -0.2) is 0 Å². The average Bonchev–Trinajstić information content (AvgIpc) is 2.95. The topological polar surface area (TPSA) is 35.4 Å². The second-order valence-corrected chi connectivity index (χ2v) is 4.63. The molecule has 0 aliphatic rings. The smallest absolute Gasteiger partial charge is 0.127 e. The highest BCUT2D eigenvalue weighted by Gasteiger charge is 2.05. The number of nitrogens with zero attached hydrogens (tertiary/aromatic N) is 1. The van der Waals surface area contributed by atoms with Crippen molar-refractivity contribution in [3.8, 4) is 11.5 Å². The van der Waals surface area contributed by atoms with Crippen LogP contribution in [-0.2, 0) is 19.6 Å². The number of hydrogen-bond donors (Lipinski definition) is 1. The Morgan fingerprint density at radius 1 is 1.10 bits per heavy atom. The molecule has 0 aliphatic carbocycles. The summed E-state index contributed by atoms with van der Waals surface area (Å²) in [6, 6.07) is 8.03. The van der Waals surface area contributed by atoms with E-state index in [1.54, 1.807) is 14.2 Å². The molecule has 4 nitrogen and oxygen atoms in total. The largest absolute Gasteiger partial charge is 0.497 e. The van der Waals surface area contributed by atoms with E-state index in [2.05, 4.69) is 35.3 Å². The summed E-state index contributed by atoms with van der Waals surface area (Å²) in [7, 11) is 3.34. The maximum atomic E-state index is 5.39. The zero-order valence-corrected chi connectivity index (χ0v) is 12.3. The number of ether oxygens (including phenoxy) is 2. The van der Waals surface area contributed by atoms with Crippen molar-refractivity contribution in [3.63, 3.8) is 0 Å². The molecule has 1 heterocycles. The number of aryl methyl sites for hydroxylation is 1. The predicted octanol–water partition coefficient (Wildman–Crippen LogP) is 2.82. The van der Waals surface area contributed by atoms with E-state index in [1.807, 2.05) is 18.2 Å². The molecule has 2 aromatic rings. The molecule has 0 saturated heterocycles. The lowest BCUT2D eigenvalue weighted by Crippen LogP contribution is -2.13. The normalized spacial score (nSPS) is 10.6. The Kier molecular flexibility index (Phi) is 5.07. The Bertz CT molecular complexity index is 549. The number of nitrogens with one attached hydrogen (secondary N) is 1. The van der Waals surface area contributed by atoms with Crippen molar-refractivity contribution in [1.82, 2.24) is 9.88 Å². The average molecular weight is 274 g/mol. The summed E-state index contributed by atoms with van der Waals surface area (Å²) in [6.45, 7) is 4.76. The lowest BCUT2D eigenvalue weighted by atomic mass is 10.2. The highest BCUT2D eigenvalue weighted by atomic mass is 16.5. The quantitative estimate of drug-likeness (QED) is 0.843. The predicted molar refractivity (Wildman–Crippen MR) is 80.2 cm³/mol. The summed E-state index contributed by atoms with van der Waals surface area (Å²) >= 11 is 0. The van der Waals surface area contributed by atoms with Gasteiger partial charge in [-0.1, -0.05) is 6.07 Å². The molecular formula is C16H22N2O2. The number of hydrogen-bond acceptors (Lipinski definition) is 3. The fourth-order valence-corrected chi connectivity index (χ4v) is 2.13. The molecule has 1 aromatic heterocycles. The van der Waals surface area contributed by atoms with Crippen molar-refractivity contribution < 1.29 is 9.47 Å². The number of aromatic nitrogens is 1. The van der Waals surface area contributed by atoms with Crippen molar-refractivity contribution >= 4 is 0 Å². The zero-order valence-electron chi connectivity index (χ0n) is 12.3. The van der Waals surface area contributed by atoms with E-state index in [0.29, 0.717) is 0 Å². The van der Waals surface area contributed by atoms with Gasteiger partial charge in [0.15, 0.2) is 0 Å². The first kappa shape index (κ1) is 14.5. The van der Waals surface area contributed by atoms with Crippen LogP contribution in [0.2, 0.25) is 0 Å². The van der Waals surface area contributed by atoms with Gasteiger partial charge in [-0.15, -0.1) is 0 Å². The van der Waals surface area contributed by atoms with Crippen molar-refractivity contribution in [2.24, 2.45) is 0 Å². The van der Waals surface area contributed by atoms with Gasteiger partial charge in [-0.05, 0) is 24.6 Å². The minimum absolute atomic E-state index is 0.768. The first-order valence-electron chi connectivity index (χ1n) is 6.83. The van der Waals surface area contributed by atoms with Gasteiger partial charge in [0.05, 0.1) is 14.2 Å². The lowest BCUT2D eigenvalue weighted by Gasteiger charge is -2.11. The van der Waals surface area contributed by atoms with E-state index in [1.165, 1.54) is 5.56 Å². The maximum absolute atomic E-state index is 5.39. The van der Waals surface area contributed by atoms with Crippen molar-refractivity contribution in [2.75, 3.05) is 14.2 Å². The van der Waals surface area contributed by atoms with E-state index in [-0.39, 0.29) is 0 Å². The highest BCUT2D eigenvalue weighted by molar-refractivity contribution is 5.40. The van der Waals surface area contributed by atoms with Crippen LogP contribution in [0, 0.1) is 0 Å². The minimum atomic E-state index is 0.768. The molecule has 20 heavy (non-hydrogen) atoms. The molecule has 0 spiro atoms. The fourth-order valence-electron chi connectivity index (χ4n) is 2.13. The van der Waals surface area contributed by atoms with Gasteiger partial charge in [0.2, 0.25) is 0 Å². The monoisotopic (exact) mass is 274 g/mol. The molecule has 0 bridgehead atoms. The van der Waals surface area contributed by atoms with Crippen LogP contribution >= 0.6 is 0 Å². The second-order valence-electron chi connectivity index (χ2n) is 4.63. The van der Waals surface area contributed by atoms with Crippen LogP contribution in [0.3, 0.4) is 0 Å². The van der Waals surface area contributed by atoms with Gasteiger partial charge >= 0.3 is 0 Å². The Morgan fingerprint density at radius 2 is 1.95 bits per heavy atom. The summed E-state index contributed by atoms with van der Waals surface area (Å²) in [5, 5.41) is 3.43. The van der Waals surface area contributed by atoms with Crippen molar-refractivity contribution in [2.45, 2.75) is 26.6 Å². The first-order valence-corrected chi connectivity index (χ1v) is 6.83. The maximum Gasteiger partial charge on any atom is 0.127 e. The standard InChI is InChI=1S/C16H22N2O2/c1-4-18-8-7-13(12-18)10-17-11-14-5-6-15(19-2)9-16(14)20-3/h5-9,12,17H,4,10-11H2,1-3H3. The third-order valence-corrected chi connectivity index (χ3v) is 3.32. The minimum Gasteiger partial charge on any atom is -0.497 e. The SMILES string of the molecule is CCn1ccc(CNCc2ccc(OC)cc2OC)c1. The van der Waals surface area contributed by atoms with E-state index in [0.717, 1.165) is 36.7 Å². The molecule has 0 saturated carbocycles. The van der Waals surface area contributed by atoms with Crippen LogP contribution in [0.5, 0.6) is 11.5 Å². The van der Waals surface area contributed by atoms with Crippen molar-refractivity contribution in [3.05, 3.63) is 47.8 Å². The van der Waals surface area contributed by atoms with E-state index < -0.39 is 0 Å². The van der Waals surface area contributed by atoms with Crippen molar-refractivity contribution in [1.29, 1.82) is 0 Å². The lowest BCUT2D eigenvalue weighted by molar-refractivity contribution is 0.390. The van der Waals surface area contributed by atoms with Crippen LogP contribution in [0.1, 0.15) is 18.1 Å². The van der Waals surface area contributed by atoms with E-state index in [4.69, 9.17) is 9.47 Å². The molecule has 0 radical (unpaired) electrons. The fraction of sp³-hybridized carbons (Fsp3) is 0.375. The van der Waals surface area contributed by atoms with Gasteiger partial charge in [0.1, 0.15) is 11.5 Å². The van der Waals surface area contributed by atoms with Gasteiger partial charge in [0.25, 0.3) is 0 Å². The zero-order chi connectivity index (χ0) is 14.4. The highest BCUT2D eigenvalue weighted by Crippen LogP contribution is 2.24. The van der Waals surface area contributed by atoms with Gasteiger partial charge in [0, 0.05) is 43.7 Å². The molecule has 0 aliphatic heterocycles. The van der Waals surface area contributed by atoms with Gasteiger partial charge in [-0.2, -0.15) is 0 Å². The molecule has 108 valence electrons. The van der Waals surface area contributed by atoms with Crippen LogP contribution in [-0.4, -0.2) is 18.8 Å². The number of benzene rings is 1. The molecule has 0 unspecified atom stereocenters. The number of rotatable bonds is 7. The number of methoxy groups -OCH3 is 2. The summed E-state index contributed by atoms with van der Waals surface area (Å²) in [5.41, 5.74) is 2.42. The molecule has 1 N–H and O–H groups in total. The molecule has 0 fully saturated rings. The van der Waals surface area contributed by atoms with E-state index >= 15 is 0 Å². The summed E-state index contributed by atoms with van der Waals surface area (Å²) in [6.07, 6.45) is 4.27. The Morgan fingerprint density at radius 3 is 2.60 bits per heavy atom. The second kappa shape index (κ2) is 7.01. The molecular weight excluding hydrogens is 252 g/mol. The van der Waals surface area contributed by atoms with Crippen LogP contribution in [0.15, 0.2) is 36.7 Å². The van der Waals surface area contributed by atoms with Crippen LogP contribution < -0.4 is 14.8 Å². The van der Waals surface area contributed by atoms with Gasteiger partial charge in [-0.3, -0.25) is 0 Å². The Balaban J connectivity index is 1.93. The summed E-state index contributed by atoms with van der Waals surface area (Å²) in [4.78, 5) is 0. The van der Waals surface area contributed by atoms with Crippen LogP contribution in [0.25, 0.3) is 0 Å². The third-order valence-electron chi connectivity index (χ3n) is 3.32. The molecule has 1 aromatic carbocycles. The molecule has 0 atom stereocenters. The molecule has 0 amide bonds. The van der Waals surface area contributed by atoms with Gasteiger partial charge < -0.3 is 19.4 Å². The third kappa shape index (κ3) is 3.54.